The van der Waals surface area contributed by atoms with Crippen LogP contribution in [-0.2, 0) is 21.4 Å². The number of carbonyl (C=O) groups excluding carboxylic acids is 2. The van der Waals surface area contributed by atoms with Crippen LogP contribution in [0.3, 0.4) is 0 Å². The van der Waals surface area contributed by atoms with Crippen molar-refractivity contribution in [2.75, 3.05) is 5.73 Å². The van der Waals surface area contributed by atoms with Crippen molar-refractivity contribution in [1.82, 2.24) is 0 Å². The third-order valence-corrected chi connectivity index (χ3v) is 4.26. The number of Topliss-reactive ketones (excluding diaryl/α,β-unsaturated/α-hetero) is 2. The van der Waals surface area contributed by atoms with Crippen molar-refractivity contribution in [1.29, 1.82) is 0 Å². The fourth-order valence-corrected chi connectivity index (χ4v) is 2.68. The fraction of sp³-hybridized carbons (Fsp3) is 0.556. The van der Waals surface area contributed by atoms with E-state index in [1.807, 2.05) is 12.1 Å². The van der Waals surface area contributed by atoms with Crippen molar-refractivity contribution in [3.05, 3.63) is 29.3 Å². The summed E-state index contributed by atoms with van der Waals surface area (Å²) < 4.78 is 0. The van der Waals surface area contributed by atoms with Gasteiger partial charge in [0, 0.05) is 31.4 Å². The van der Waals surface area contributed by atoms with E-state index >= 15 is 0 Å². The summed E-state index contributed by atoms with van der Waals surface area (Å²) in [4.78, 5) is 22.9. The molecule has 0 amide bonds. The number of nitrogen functional groups attached to an aromatic ring is 1. The largest absolute Gasteiger partial charge is 0.398 e. The van der Waals surface area contributed by atoms with Crippen molar-refractivity contribution in [3.8, 4) is 0 Å². The molecule has 1 aliphatic rings. The van der Waals surface area contributed by atoms with E-state index in [0.29, 0.717) is 43.1 Å². The Morgan fingerprint density at radius 3 is 2.48 bits per heavy atom. The quantitative estimate of drug-likeness (QED) is 0.844. The van der Waals surface area contributed by atoms with Crippen LogP contribution in [0.1, 0.15) is 57.6 Å². The van der Waals surface area contributed by atoms with Gasteiger partial charge in [0.25, 0.3) is 0 Å². The Labute approximate surface area is 126 Å². The molecule has 1 aromatic carbocycles. The number of rotatable bonds is 5. The van der Waals surface area contributed by atoms with E-state index in [1.54, 1.807) is 0 Å². The molecule has 114 valence electrons. The van der Waals surface area contributed by atoms with E-state index in [0.717, 1.165) is 12.0 Å². The third-order valence-electron chi connectivity index (χ3n) is 4.26. The lowest BCUT2D eigenvalue weighted by Crippen LogP contribution is -2.24. The number of ketones is 2. The van der Waals surface area contributed by atoms with Crippen molar-refractivity contribution in [2.24, 2.45) is 5.92 Å². The highest BCUT2D eigenvalue weighted by molar-refractivity contribution is 5.85. The number of hydrogen-bond donors (Lipinski definition) is 1. The number of anilines is 1. The maximum Gasteiger partial charge on any atom is 0.137 e. The Morgan fingerprint density at radius 1 is 1.29 bits per heavy atom. The summed E-state index contributed by atoms with van der Waals surface area (Å²) in [6, 6.07) is 6.01. The molecule has 0 radical (unpaired) electrons. The first kappa shape index (κ1) is 15.7. The van der Waals surface area contributed by atoms with Gasteiger partial charge in [0.05, 0.1) is 0 Å². The summed E-state index contributed by atoms with van der Waals surface area (Å²) >= 11 is 0. The zero-order valence-corrected chi connectivity index (χ0v) is 13.2. The van der Waals surface area contributed by atoms with Crippen LogP contribution >= 0.6 is 0 Å². The predicted octanol–water partition coefficient (Wildman–Crippen LogP) is 3.44. The molecule has 1 aliphatic carbocycles. The SMILES string of the molecule is CC(C)(C)c1ccc(CC(=O)CCC2CC(=O)C2)c(N)c1. The van der Waals surface area contributed by atoms with E-state index < -0.39 is 0 Å². The topological polar surface area (TPSA) is 60.2 Å². The fourth-order valence-electron chi connectivity index (χ4n) is 2.68. The molecule has 0 aromatic heterocycles. The Hall–Kier alpha value is -1.64. The van der Waals surface area contributed by atoms with Crippen LogP contribution in [0.5, 0.6) is 0 Å². The summed E-state index contributed by atoms with van der Waals surface area (Å²) in [6.45, 7) is 6.44. The van der Waals surface area contributed by atoms with Crippen LogP contribution in [0, 0.1) is 5.92 Å². The van der Waals surface area contributed by atoms with Crippen molar-refractivity contribution >= 4 is 17.3 Å². The third kappa shape index (κ3) is 4.16. The first-order valence-corrected chi connectivity index (χ1v) is 7.68. The van der Waals surface area contributed by atoms with Gasteiger partial charge in [0.2, 0.25) is 0 Å². The van der Waals surface area contributed by atoms with Gasteiger partial charge >= 0.3 is 0 Å². The zero-order valence-electron chi connectivity index (χ0n) is 13.2. The molecule has 3 nitrogen and oxygen atoms in total. The molecule has 0 heterocycles. The van der Waals surface area contributed by atoms with Gasteiger partial charge in [0.1, 0.15) is 11.6 Å². The number of carbonyl (C=O) groups is 2. The minimum Gasteiger partial charge on any atom is -0.398 e. The molecule has 1 aromatic rings. The molecule has 21 heavy (non-hydrogen) atoms. The average molecular weight is 287 g/mol. The van der Waals surface area contributed by atoms with Gasteiger partial charge in [-0.2, -0.15) is 0 Å². The van der Waals surface area contributed by atoms with Crippen molar-refractivity contribution in [3.63, 3.8) is 0 Å². The minimum absolute atomic E-state index is 0.0629. The summed E-state index contributed by atoms with van der Waals surface area (Å²) in [5, 5.41) is 0. The maximum atomic E-state index is 12.0. The van der Waals surface area contributed by atoms with E-state index in [9.17, 15) is 9.59 Å². The molecule has 2 rings (SSSR count). The molecule has 0 unspecified atom stereocenters. The molecule has 0 bridgehead atoms. The molecule has 0 saturated heterocycles. The second kappa shape index (κ2) is 6.00. The van der Waals surface area contributed by atoms with Crippen LogP contribution in [0.25, 0.3) is 0 Å². The van der Waals surface area contributed by atoms with Crippen molar-refractivity contribution in [2.45, 2.75) is 58.3 Å². The van der Waals surface area contributed by atoms with E-state index in [2.05, 4.69) is 26.8 Å². The van der Waals surface area contributed by atoms with Crippen LogP contribution in [0.4, 0.5) is 5.69 Å². The predicted molar refractivity (Wildman–Crippen MR) is 85.2 cm³/mol. The zero-order chi connectivity index (χ0) is 15.6. The number of hydrogen-bond acceptors (Lipinski definition) is 3. The van der Waals surface area contributed by atoms with Gasteiger partial charge in [-0.3, -0.25) is 9.59 Å². The molecule has 3 heteroatoms. The van der Waals surface area contributed by atoms with Gasteiger partial charge in [-0.15, -0.1) is 0 Å². The Bertz CT molecular complexity index is 547. The average Bonchev–Trinajstić information content (AvgIpc) is 2.34. The van der Waals surface area contributed by atoms with E-state index in [1.165, 1.54) is 5.56 Å². The molecule has 0 aliphatic heterocycles. The molecule has 0 atom stereocenters. The Balaban J connectivity index is 1.90. The van der Waals surface area contributed by atoms with Gasteiger partial charge in [-0.25, -0.2) is 0 Å². The minimum atomic E-state index is 0.0629. The maximum absolute atomic E-state index is 12.0. The highest BCUT2D eigenvalue weighted by atomic mass is 16.1. The van der Waals surface area contributed by atoms with E-state index in [4.69, 9.17) is 5.73 Å². The lowest BCUT2D eigenvalue weighted by Gasteiger charge is -2.23. The second-order valence-corrected chi connectivity index (χ2v) is 7.23. The summed E-state index contributed by atoms with van der Waals surface area (Å²) in [6.07, 6.45) is 3.12. The first-order chi connectivity index (χ1) is 9.75. The van der Waals surface area contributed by atoms with Crippen LogP contribution in [0.15, 0.2) is 18.2 Å². The molecular formula is C18H25NO2. The molecule has 1 fully saturated rings. The summed E-state index contributed by atoms with van der Waals surface area (Å²) in [5.74, 6) is 0.973. The normalized spacial score (nSPS) is 15.9. The lowest BCUT2D eigenvalue weighted by atomic mass is 9.80. The molecule has 0 spiro atoms. The highest BCUT2D eigenvalue weighted by Gasteiger charge is 2.26. The Morgan fingerprint density at radius 2 is 1.95 bits per heavy atom. The Kier molecular flexibility index (Phi) is 4.50. The summed E-state index contributed by atoms with van der Waals surface area (Å²) in [5.41, 5.74) is 8.95. The van der Waals surface area contributed by atoms with Crippen LogP contribution in [0.2, 0.25) is 0 Å². The van der Waals surface area contributed by atoms with Gasteiger partial charge in [0.15, 0.2) is 0 Å². The molecule has 2 N–H and O–H groups in total. The first-order valence-electron chi connectivity index (χ1n) is 7.68. The number of benzene rings is 1. The van der Waals surface area contributed by atoms with Crippen molar-refractivity contribution < 1.29 is 9.59 Å². The monoisotopic (exact) mass is 287 g/mol. The lowest BCUT2D eigenvalue weighted by molar-refractivity contribution is -0.128. The highest BCUT2D eigenvalue weighted by Crippen LogP contribution is 2.28. The second-order valence-electron chi connectivity index (χ2n) is 7.23. The number of nitrogens with two attached hydrogens (primary N) is 1. The molecule has 1 saturated carbocycles. The van der Waals surface area contributed by atoms with Gasteiger partial charge in [-0.05, 0) is 34.9 Å². The standard InChI is InChI=1S/C18H25NO2/c1-18(2,3)14-6-5-13(17(19)11-14)10-15(20)7-4-12-8-16(21)9-12/h5-6,11-12H,4,7-10,19H2,1-3H3. The van der Waals surface area contributed by atoms with Crippen LogP contribution in [-0.4, -0.2) is 11.6 Å². The van der Waals surface area contributed by atoms with E-state index in [-0.39, 0.29) is 11.2 Å². The van der Waals surface area contributed by atoms with Crippen LogP contribution < -0.4 is 5.73 Å². The van der Waals surface area contributed by atoms with Gasteiger partial charge in [-0.1, -0.05) is 32.9 Å². The molecular weight excluding hydrogens is 262 g/mol. The van der Waals surface area contributed by atoms with Gasteiger partial charge < -0.3 is 5.73 Å². The smallest absolute Gasteiger partial charge is 0.137 e. The summed E-state index contributed by atoms with van der Waals surface area (Å²) in [7, 11) is 0.